The van der Waals surface area contributed by atoms with Crippen LogP contribution >= 0.6 is 0 Å². The lowest BCUT2D eigenvalue weighted by atomic mass is 9.41. The summed E-state index contributed by atoms with van der Waals surface area (Å²) in [6.07, 6.45) is 2.59. The third-order valence-electron chi connectivity index (χ3n) is 5.82. The van der Waals surface area contributed by atoms with Crippen LogP contribution in [0.2, 0.25) is 0 Å². The van der Waals surface area contributed by atoms with Crippen LogP contribution in [0.25, 0.3) is 0 Å². The first-order valence-corrected chi connectivity index (χ1v) is 9.24. The molecule has 23 heavy (non-hydrogen) atoms. The summed E-state index contributed by atoms with van der Waals surface area (Å²) in [4.78, 5) is -0.0666. The van der Waals surface area contributed by atoms with Gasteiger partial charge in [-0.25, -0.2) is 0 Å². The zero-order chi connectivity index (χ0) is 17.7. The largest absolute Gasteiger partial charge is 0.387 e. The summed E-state index contributed by atoms with van der Waals surface area (Å²) in [7, 11) is -4.02. The van der Waals surface area contributed by atoms with E-state index in [9.17, 15) is 18.6 Å². The van der Waals surface area contributed by atoms with E-state index in [0.29, 0.717) is 5.92 Å². The zero-order valence-corrected chi connectivity index (χ0v) is 14.9. The second-order valence-electron chi connectivity index (χ2n) is 7.58. The molecule has 2 bridgehead atoms. The van der Waals surface area contributed by atoms with Crippen molar-refractivity contribution in [2.45, 2.75) is 63.1 Å². The summed E-state index contributed by atoms with van der Waals surface area (Å²) in [5, 5.41) is 20.3. The Hall–Kier alpha value is -0.950. The van der Waals surface area contributed by atoms with Crippen molar-refractivity contribution in [3.63, 3.8) is 0 Å². The summed E-state index contributed by atoms with van der Waals surface area (Å²) in [5.74, 6) is 0.614. The van der Waals surface area contributed by atoms with Gasteiger partial charge >= 0.3 is 0 Å². The van der Waals surface area contributed by atoms with Crippen LogP contribution in [0.5, 0.6) is 0 Å². The van der Waals surface area contributed by atoms with Gasteiger partial charge in [-0.15, -0.1) is 0 Å². The Morgan fingerprint density at radius 1 is 1.09 bits per heavy atom. The molecule has 0 aromatic heterocycles. The summed E-state index contributed by atoms with van der Waals surface area (Å²) >= 11 is 0. The zero-order valence-electron chi connectivity index (χ0n) is 14.1. The van der Waals surface area contributed by atoms with Crippen molar-refractivity contribution in [2.75, 3.05) is 0 Å². The normalized spacial score (nSPS) is 34.8. The molecule has 0 amide bonds. The highest BCUT2D eigenvalue weighted by Crippen LogP contribution is 2.65. The van der Waals surface area contributed by atoms with Gasteiger partial charge in [-0.2, -0.15) is 8.42 Å². The fourth-order valence-electron chi connectivity index (χ4n) is 3.83. The molecule has 3 N–H and O–H groups in total. The van der Waals surface area contributed by atoms with Gasteiger partial charge in [0.1, 0.15) is 0 Å². The van der Waals surface area contributed by atoms with Gasteiger partial charge in [0.2, 0.25) is 0 Å². The standard InChI is InChI=1S/C10H18O2.C7H8O3S/c1-8(2)7-4-5-9(3,11)10(8,12)6-7;1-6-2-4-7(5-3-6)11(8,9)10/h7,11-12H,4-6H2,1-3H3;2-5H,1H3,(H,8,9,10). The maximum Gasteiger partial charge on any atom is 0.294 e. The molecule has 0 heterocycles. The SMILES string of the molecule is CC1(O)CCC2CC1(O)C2(C)C.Cc1ccc(S(=O)(=O)O)cc1. The molecule has 4 rings (SSSR count). The van der Waals surface area contributed by atoms with E-state index < -0.39 is 21.3 Å². The van der Waals surface area contributed by atoms with Crippen LogP contribution in [0.1, 0.15) is 45.6 Å². The van der Waals surface area contributed by atoms with Gasteiger partial charge in [-0.1, -0.05) is 31.5 Å². The molecule has 3 unspecified atom stereocenters. The Morgan fingerprint density at radius 2 is 1.61 bits per heavy atom. The van der Waals surface area contributed by atoms with Gasteiger partial charge in [0.05, 0.1) is 16.1 Å². The second-order valence-corrected chi connectivity index (χ2v) is 9.01. The molecule has 1 aromatic carbocycles. The molecular formula is C17H26O5S. The van der Waals surface area contributed by atoms with Crippen molar-refractivity contribution in [3.8, 4) is 0 Å². The number of fused-ring (bicyclic) bond motifs is 2. The quantitative estimate of drug-likeness (QED) is 0.682. The van der Waals surface area contributed by atoms with Gasteiger partial charge < -0.3 is 10.2 Å². The smallest absolute Gasteiger partial charge is 0.294 e. The highest BCUT2D eigenvalue weighted by molar-refractivity contribution is 7.85. The van der Waals surface area contributed by atoms with E-state index in [-0.39, 0.29) is 10.3 Å². The lowest BCUT2D eigenvalue weighted by molar-refractivity contribution is -0.312. The van der Waals surface area contributed by atoms with Gasteiger partial charge in [0.15, 0.2) is 0 Å². The first kappa shape index (κ1) is 18.4. The first-order chi connectivity index (χ1) is 10.3. The number of rotatable bonds is 1. The van der Waals surface area contributed by atoms with Gasteiger partial charge in [-0.05, 0) is 56.6 Å². The maximum atomic E-state index is 10.5. The van der Waals surface area contributed by atoms with E-state index in [4.69, 9.17) is 4.55 Å². The van der Waals surface area contributed by atoms with Gasteiger partial charge in [0, 0.05) is 0 Å². The summed E-state index contributed by atoms with van der Waals surface area (Å²) in [5.41, 5.74) is -0.833. The molecule has 1 aromatic rings. The van der Waals surface area contributed by atoms with Crippen LogP contribution in [-0.2, 0) is 10.1 Å². The third-order valence-corrected chi connectivity index (χ3v) is 6.69. The van der Waals surface area contributed by atoms with Gasteiger partial charge in [-0.3, -0.25) is 4.55 Å². The van der Waals surface area contributed by atoms with Crippen LogP contribution in [0.4, 0.5) is 0 Å². The monoisotopic (exact) mass is 342 g/mol. The van der Waals surface area contributed by atoms with E-state index in [0.717, 1.165) is 24.8 Å². The number of aryl methyl sites for hydroxylation is 1. The fourth-order valence-corrected chi connectivity index (χ4v) is 4.31. The molecule has 0 spiro atoms. The van der Waals surface area contributed by atoms with Gasteiger partial charge in [0.25, 0.3) is 10.1 Å². The predicted octanol–water partition coefficient (Wildman–Crippen LogP) is 2.55. The molecule has 3 fully saturated rings. The molecular weight excluding hydrogens is 316 g/mol. The molecule has 6 heteroatoms. The Balaban J connectivity index is 0.000000168. The van der Waals surface area contributed by atoms with E-state index in [1.54, 1.807) is 19.1 Å². The molecule has 5 nitrogen and oxygen atoms in total. The Kier molecular flexibility index (Phi) is 4.44. The Morgan fingerprint density at radius 3 is 1.96 bits per heavy atom. The van der Waals surface area contributed by atoms with E-state index in [1.807, 2.05) is 6.92 Å². The van der Waals surface area contributed by atoms with Crippen molar-refractivity contribution < 1.29 is 23.2 Å². The molecule has 130 valence electrons. The minimum Gasteiger partial charge on any atom is -0.387 e. The van der Waals surface area contributed by atoms with Crippen molar-refractivity contribution >= 4 is 10.1 Å². The Bertz CT molecular complexity index is 665. The Labute approximate surface area is 138 Å². The molecule has 3 saturated carbocycles. The lowest BCUT2D eigenvalue weighted by Gasteiger charge is -2.68. The molecule has 3 aliphatic carbocycles. The molecule has 3 aliphatic rings. The molecule has 0 saturated heterocycles. The van der Waals surface area contributed by atoms with E-state index in [1.165, 1.54) is 12.1 Å². The average Bonchev–Trinajstić information content (AvgIpc) is 2.41. The maximum absolute atomic E-state index is 10.5. The van der Waals surface area contributed by atoms with Crippen molar-refractivity contribution in [1.29, 1.82) is 0 Å². The number of benzene rings is 1. The first-order valence-electron chi connectivity index (χ1n) is 7.80. The van der Waals surface area contributed by atoms with Crippen LogP contribution in [-0.4, -0.2) is 34.4 Å². The molecule has 0 aliphatic heterocycles. The highest BCUT2D eigenvalue weighted by atomic mass is 32.2. The second kappa shape index (κ2) is 5.55. The predicted molar refractivity (Wildman–Crippen MR) is 87.7 cm³/mol. The van der Waals surface area contributed by atoms with Crippen molar-refractivity contribution in [3.05, 3.63) is 29.8 Å². The van der Waals surface area contributed by atoms with Crippen molar-refractivity contribution in [2.24, 2.45) is 11.3 Å². The fraction of sp³-hybridized carbons (Fsp3) is 0.647. The summed E-state index contributed by atoms with van der Waals surface area (Å²) in [6.45, 7) is 7.74. The van der Waals surface area contributed by atoms with E-state index in [2.05, 4.69) is 13.8 Å². The van der Waals surface area contributed by atoms with Crippen LogP contribution in [0, 0.1) is 18.3 Å². The minimum atomic E-state index is -4.02. The summed E-state index contributed by atoms with van der Waals surface area (Å²) < 4.78 is 29.6. The van der Waals surface area contributed by atoms with Crippen LogP contribution in [0.3, 0.4) is 0 Å². The lowest BCUT2D eigenvalue weighted by Crippen LogP contribution is -2.74. The summed E-state index contributed by atoms with van der Waals surface area (Å²) in [6, 6.07) is 5.99. The van der Waals surface area contributed by atoms with Crippen LogP contribution < -0.4 is 0 Å². The minimum absolute atomic E-state index is 0.0666. The number of hydrogen-bond donors (Lipinski definition) is 3. The highest BCUT2D eigenvalue weighted by Gasteiger charge is 2.69. The van der Waals surface area contributed by atoms with Crippen LogP contribution in [0.15, 0.2) is 29.2 Å². The topological polar surface area (TPSA) is 94.8 Å². The third kappa shape index (κ3) is 3.05. The van der Waals surface area contributed by atoms with Crippen molar-refractivity contribution in [1.82, 2.24) is 0 Å². The van der Waals surface area contributed by atoms with E-state index >= 15 is 0 Å². The molecule has 3 atom stereocenters. The number of aliphatic hydroxyl groups is 2. The number of hydrogen-bond acceptors (Lipinski definition) is 4. The average molecular weight is 342 g/mol. The molecule has 0 radical (unpaired) electrons.